The fraction of sp³-hybridized carbons (Fsp3) is 0.387. The van der Waals surface area contributed by atoms with Crippen LogP contribution in [-0.4, -0.2) is 73.7 Å². The second-order valence-electron chi connectivity index (χ2n) is 10.2. The SMILES string of the molecule is C=C1C=C(C2=C3CN(N=CN=C3N)C(CCCCN3CCCOCC3)=C2)C=C/C1=N/NCC1=CC=CC=CC1. The molecular weight excluding hydrogens is 486 g/mol. The predicted molar refractivity (Wildman–Crippen MR) is 160 cm³/mol. The van der Waals surface area contributed by atoms with Gasteiger partial charge in [0.2, 0.25) is 0 Å². The number of nitrogens with zero attached hydrogens (tertiary/aromatic N) is 5. The van der Waals surface area contributed by atoms with Crippen LogP contribution in [0.1, 0.15) is 32.1 Å². The van der Waals surface area contributed by atoms with Crippen molar-refractivity contribution in [2.24, 2.45) is 20.9 Å². The molecule has 2 aliphatic carbocycles. The summed E-state index contributed by atoms with van der Waals surface area (Å²) < 4.78 is 5.59. The Labute approximate surface area is 231 Å². The zero-order valence-electron chi connectivity index (χ0n) is 22.7. The number of nitrogens with one attached hydrogen (secondary N) is 1. The maximum absolute atomic E-state index is 6.36. The summed E-state index contributed by atoms with van der Waals surface area (Å²) in [6.07, 6.45) is 25.7. The summed E-state index contributed by atoms with van der Waals surface area (Å²) in [5.41, 5.74) is 16.9. The number of fused-ring (bicyclic) bond motifs is 2. The Morgan fingerprint density at radius 2 is 2.05 bits per heavy atom. The number of ether oxygens (including phenoxy) is 1. The molecule has 8 heteroatoms. The minimum Gasteiger partial charge on any atom is -0.383 e. The van der Waals surface area contributed by atoms with Gasteiger partial charge in [0, 0.05) is 31.0 Å². The van der Waals surface area contributed by atoms with Crippen LogP contribution in [0.4, 0.5) is 0 Å². The molecule has 1 saturated heterocycles. The number of allylic oxidation sites excluding steroid dienone is 13. The van der Waals surface area contributed by atoms with Gasteiger partial charge in [0.25, 0.3) is 0 Å². The number of aliphatic imine (C=N–C) groups is 1. The van der Waals surface area contributed by atoms with E-state index in [2.05, 4.69) is 74.6 Å². The average Bonchev–Trinajstić information content (AvgIpc) is 3.42. The Morgan fingerprint density at radius 3 is 2.97 bits per heavy atom. The van der Waals surface area contributed by atoms with Crippen LogP contribution in [0.15, 0.2) is 110 Å². The lowest BCUT2D eigenvalue weighted by Gasteiger charge is -2.29. The molecule has 0 saturated carbocycles. The number of hydrazone groups is 2. The zero-order valence-corrected chi connectivity index (χ0v) is 22.7. The summed E-state index contributed by atoms with van der Waals surface area (Å²) >= 11 is 0. The number of unbranched alkanes of at least 4 members (excludes halogenated alkanes) is 1. The Bertz CT molecular complexity index is 1250. The first-order valence-electron chi connectivity index (χ1n) is 14.0. The van der Waals surface area contributed by atoms with Crippen molar-refractivity contribution in [1.82, 2.24) is 15.3 Å². The molecule has 0 radical (unpaired) electrons. The van der Waals surface area contributed by atoms with E-state index in [4.69, 9.17) is 10.5 Å². The van der Waals surface area contributed by atoms with E-state index in [1.165, 1.54) is 11.3 Å². The average molecular weight is 526 g/mol. The Morgan fingerprint density at radius 1 is 1.10 bits per heavy atom. The molecule has 1 fully saturated rings. The molecule has 2 bridgehead atoms. The van der Waals surface area contributed by atoms with Gasteiger partial charge in [0.15, 0.2) is 0 Å². The van der Waals surface area contributed by atoms with E-state index < -0.39 is 0 Å². The third-order valence-corrected chi connectivity index (χ3v) is 7.41. The topological polar surface area (TPSA) is 90.8 Å². The summed E-state index contributed by atoms with van der Waals surface area (Å²) in [5, 5.41) is 11.2. The van der Waals surface area contributed by atoms with Crippen molar-refractivity contribution in [1.29, 1.82) is 0 Å². The summed E-state index contributed by atoms with van der Waals surface area (Å²) in [4.78, 5) is 6.88. The van der Waals surface area contributed by atoms with Crippen LogP contribution in [0, 0.1) is 0 Å². The Balaban J connectivity index is 1.24. The molecule has 8 nitrogen and oxygen atoms in total. The highest BCUT2D eigenvalue weighted by Crippen LogP contribution is 2.32. The molecule has 3 N–H and O–H groups in total. The fourth-order valence-electron chi connectivity index (χ4n) is 5.19. The van der Waals surface area contributed by atoms with Crippen molar-refractivity contribution < 1.29 is 4.74 Å². The van der Waals surface area contributed by atoms with Gasteiger partial charge in [-0.05, 0) is 79.2 Å². The summed E-state index contributed by atoms with van der Waals surface area (Å²) in [7, 11) is 0. The highest BCUT2D eigenvalue weighted by molar-refractivity contribution is 6.12. The molecule has 3 aliphatic heterocycles. The smallest absolute Gasteiger partial charge is 0.138 e. The largest absolute Gasteiger partial charge is 0.383 e. The minimum absolute atomic E-state index is 0.510. The number of amidine groups is 1. The first-order valence-corrected chi connectivity index (χ1v) is 14.0. The molecule has 0 aromatic carbocycles. The van der Waals surface area contributed by atoms with E-state index >= 15 is 0 Å². The van der Waals surface area contributed by atoms with Gasteiger partial charge in [0.05, 0.1) is 25.4 Å². The molecule has 0 unspecified atom stereocenters. The van der Waals surface area contributed by atoms with Crippen LogP contribution in [0.3, 0.4) is 0 Å². The van der Waals surface area contributed by atoms with Crippen molar-refractivity contribution in [3.05, 3.63) is 94.8 Å². The highest BCUT2D eigenvalue weighted by Gasteiger charge is 2.25. The van der Waals surface area contributed by atoms with Gasteiger partial charge in [-0.3, -0.25) is 5.01 Å². The first-order chi connectivity index (χ1) is 19.2. The van der Waals surface area contributed by atoms with Gasteiger partial charge >= 0.3 is 0 Å². The van der Waals surface area contributed by atoms with Crippen LogP contribution >= 0.6 is 0 Å². The quantitative estimate of drug-likeness (QED) is 0.349. The molecule has 0 atom stereocenters. The van der Waals surface area contributed by atoms with Gasteiger partial charge in [-0.1, -0.05) is 43.0 Å². The molecule has 0 aromatic rings. The zero-order chi connectivity index (χ0) is 26.9. The molecule has 204 valence electrons. The van der Waals surface area contributed by atoms with Crippen molar-refractivity contribution in [2.45, 2.75) is 32.1 Å². The normalized spacial score (nSPS) is 22.7. The third kappa shape index (κ3) is 7.22. The van der Waals surface area contributed by atoms with Crippen molar-refractivity contribution in [3.8, 4) is 0 Å². The number of nitrogens with two attached hydrogens (primary N) is 1. The van der Waals surface area contributed by atoms with Gasteiger partial charge in [-0.15, -0.1) is 0 Å². The van der Waals surface area contributed by atoms with Crippen molar-refractivity contribution in [2.75, 3.05) is 45.9 Å². The maximum Gasteiger partial charge on any atom is 0.138 e. The minimum atomic E-state index is 0.510. The summed E-state index contributed by atoms with van der Waals surface area (Å²) in [5.74, 6) is 0.510. The first kappa shape index (κ1) is 26.8. The molecule has 5 aliphatic rings. The van der Waals surface area contributed by atoms with Crippen molar-refractivity contribution >= 4 is 17.9 Å². The maximum atomic E-state index is 6.36. The second kappa shape index (κ2) is 13.4. The summed E-state index contributed by atoms with van der Waals surface area (Å²) in [6, 6.07) is 0. The van der Waals surface area contributed by atoms with E-state index in [1.807, 2.05) is 17.2 Å². The van der Waals surface area contributed by atoms with E-state index in [0.29, 0.717) is 18.9 Å². The van der Waals surface area contributed by atoms with Crippen LogP contribution in [0.25, 0.3) is 0 Å². The fourth-order valence-corrected chi connectivity index (χ4v) is 5.19. The monoisotopic (exact) mass is 525 g/mol. The molecule has 0 amide bonds. The molecular formula is C31H39N7O. The number of hydrogen-bond donors (Lipinski definition) is 2. The van der Waals surface area contributed by atoms with Crippen molar-refractivity contribution in [3.63, 3.8) is 0 Å². The lowest BCUT2D eigenvalue weighted by Crippen LogP contribution is -2.30. The van der Waals surface area contributed by atoms with E-state index in [-0.39, 0.29) is 0 Å². The molecule has 5 rings (SSSR count). The Kier molecular flexibility index (Phi) is 9.19. The van der Waals surface area contributed by atoms with E-state index in [9.17, 15) is 0 Å². The van der Waals surface area contributed by atoms with Gasteiger partial charge in [-0.2, -0.15) is 10.2 Å². The van der Waals surface area contributed by atoms with Crippen LogP contribution in [0.5, 0.6) is 0 Å². The standard InChI is InChI=1S/C31H39N7O/c1-24-19-26(12-13-30(24)36-34-21-25-9-4-2-3-5-10-25)28-20-27(38-22-29(28)31(32)33-23-35-38)11-6-7-14-37-15-8-17-39-18-16-37/h2-5,9,12-13,19-20,23,34H,1,6-8,10-11,14-18,21-22H2,(H2,32,33,35)/b36-30-. The highest BCUT2D eigenvalue weighted by atomic mass is 16.5. The number of hydrogen-bond acceptors (Lipinski definition) is 8. The van der Waals surface area contributed by atoms with Gasteiger partial charge in [0.1, 0.15) is 12.2 Å². The molecule has 39 heavy (non-hydrogen) atoms. The lowest BCUT2D eigenvalue weighted by atomic mass is 9.89. The van der Waals surface area contributed by atoms with Crippen LogP contribution in [0.2, 0.25) is 0 Å². The number of rotatable bonds is 9. The third-order valence-electron chi connectivity index (χ3n) is 7.41. The predicted octanol–water partition coefficient (Wildman–Crippen LogP) is 4.13. The Hall–Kier alpha value is -3.75. The molecule has 0 aromatic heterocycles. The second-order valence-corrected chi connectivity index (χ2v) is 10.2. The van der Waals surface area contributed by atoms with Crippen LogP contribution < -0.4 is 11.2 Å². The molecule has 0 spiro atoms. The van der Waals surface area contributed by atoms with E-state index in [1.54, 1.807) is 6.34 Å². The lowest BCUT2D eigenvalue weighted by molar-refractivity contribution is 0.141. The molecule has 3 heterocycles. The van der Waals surface area contributed by atoms with Gasteiger partial charge in [-0.25, -0.2) is 4.99 Å². The van der Waals surface area contributed by atoms with Crippen LogP contribution in [-0.2, 0) is 4.74 Å². The van der Waals surface area contributed by atoms with Gasteiger partial charge < -0.3 is 20.8 Å². The summed E-state index contributed by atoms with van der Waals surface area (Å²) in [6.45, 7) is 10.6. The van der Waals surface area contributed by atoms with E-state index in [0.717, 1.165) is 93.0 Å².